The van der Waals surface area contributed by atoms with Crippen LogP contribution in [0.4, 0.5) is 5.69 Å². The van der Waals surface area contributed by atoms with Crippen LogP contribution in [0.3, 0.4) is 0 Å². The minimum atomic E-state index is -4.17. The van der Waals surface area contributed by atoms with Crippen molar-refractivity contribution in [2.24, 2.45) is 0 Å². The Labute approximate surface area is 256 Å². The lowest BCUT2D eigenvalue weighted by atomic mass is 10.1. The summed E-state index contributed by atoms with van der Waals surface area (Å²) in [6.07, 6.45) is 3.86. The van der Waals surface area contributed by atoms with Gasteiger partial charge in [-0.3, -0.25) is 13.9 Å². The van der Waals surface area contributed by atoms with E-state index in [1.165, 1.54) is 29.2 Å². The Hall–Kier alpha value is -2.78. The monoisotopic (exact) mass is 635 g/mol. The molecule has 218 valence electrons. The summed E-state index contributed by atoms with van der Waals surface area (Å²) in [4.78, 5) is 28.7. The molecule has 0 aromatic heterocycles. The summed E-state index contributed by atoms with van der Waals surface area (Å²) < 4.78 is 28.8. The van der Waals surface area contributed by atoms with Crippen LogP contribution in [0.2, 0.25) is 15.1 Å². The second-order valence-corrected chi connectivity index (χ2v) is 13.4. The summed E-state index contributed by atoms with van der Waals surface area (Å²) in [6.45, 7) is 3.02. The van der Waals surface area contributed by atoms with Gasteiger partial charge in [-0.05, 0) is 80.8 Å². The van der Waals surface area contributed by atoms with Crippen LogP contribution in [0.15, 0.2) is 71.6 Å². The van der Waals surface area contributed by atoms with Crippen molar-refractivity contribution < 1.29 is 18.0 Å². The highest BCUT2D eigenvalue weighted by Crippen LogP contribution is 2.27. The number of benzene rings is 3. The van der Waals surface area contributed by atoms with Gasteiger partial charge in [0.2, 0.25) is 11.8 Å². The largest absolute Gasteiger partial charge is 0.352 e. The van der Waals surface area contributed by atoms with Crippen molar-refractivity contribution in [3.63, 3.8) is 0 Å². The van der Waals surface area contributed by atoms with Crippen molar-refractivity contribution in [3.05, 3.63) is 92.9 Å². The summed E-state index contributed by atoms with van der Waals surface area (Å²) in [7, 11) is -4.17. The first-order valence-corrected chi connectivity index (χ1v) is 15.9. The molecule has 7 nitrogen and oxygen atoms in total. The molecular weight excluding hydrogens is 605 g/mol. The summed E-state index contributed by atoms with van der Waals surface area (Å²) in [5.74, 6) is -0.851. The van der Waals surface area contributed by atoms with E-state index in [2.05, 4.69) is 5.32 Å². The Balaban J connectivity index is 1.69. The molecule has 0 unspecified atom stereocenters. The van der Waals surface area contributed by atoms with E-state index >= 15 is 0 Å². The number of halogens is 3. The normalized spacial score (nSPS) is 14.5. The molecule has 0 radical (unpaired) electrons. The third-order valence-corrected chi connectivity index (χ3v) is 9.99. The lowest BCUT2D eigenvalue weighted by Crippen LogP contribution is -2.52. The Morgan fingerprint density at radius 2 is 1.56 bits per heavy atom. The minimum absolute atomic E-state index is 0.0154. The number of amides is 2. The maximum absolute atomic E-state index is 14.0. The molecule has 2 amide bonds. The Morgan fingerprint density at radius 1 is 0.927 bits per heavy atom. The Bertz CT molecular complexity index is 1490. The molecule has 0 spiro atoms. The molecule has 41 heavy (non-hydrogen) atoms. The molecule has 0 bridgehead atoms. The Morgan fingerprint density at radius 3 is 2.17 bits per heavy atom. The third-order valence-electron chi connectivity index (χ3n) is 7.21. The van der Waals surface area contributed by atoms with Gasteiger partial charge in [0.1, 0.15) is 12.6 Å². The number of sulfonamides is 1. The molecule has 1 aliphatic rings. The van der Waals surface area contributed by atoms with Gasteiger partial charge in [-0.1, -0.05) is 71.4 Å². The molecule has 11 heteroatoms. The molecule has 1 atom stereocenters. The fraction of sp³-hybridized carbons (Fsp3) is 0.333. The van der Waals surface area contributed by atoms with Crippen molar-refractivity contribution in [1.29, 1.82) is 0 Å². The highest BCUT2D eigenvalue weighted by molar-refractivity contribution is 7.92. The van der Waals surface area contributed by atoms with Crippen molar-refractivity contribution >= 4 is 62.3 Å². The average molecular weight is 637 g/mol. The topological polar surface area (TPSA) is 86.8 Å². The zero-order valence-corrected chi connectivity index (χ0v) is 25.9. The van der Waals surface area contributed by atoms with Gasteiger partial charge in [-0.25, -0.2) is 8.42 Å². The minimum Gasteiger partial charge on any atom is -0.352 e. The van der Waals surface area contributed by atoms with Gasteiger partial charge in [-0.2, -0.15) is 0 Å². The fourth-order valence-corrected chi connectivity index (χ4v) is 6.64. The third kappa shape index (κ3) is 7.74. The predicted octanol–water partition coefficient (Wildman–Crippen LogP) is 6.63. The second kappa shape index (κ2) is 13.5. The van der Waals surface area contributed by atoms with Gasteiger partial charge in [0.25, 0.3) is 10.0 Å². The van der Waals surface area contributed by atoms with Gasteiger partial charge >= 0.3 is 0 Å². The van der Waals surface area contributed by atoms with Gasteiger partial charge in [0.05, 0.1) is 20.6 Å². The molecule has 4 rings (SSSR count). The van der Waals surface area contributed by atoms with Crippen LogP contribution < -0.4 is 9.62 Å². The van der Waals surface area contributed by atoms with E-state index < -0.39 is 28.5 Å². The number of nitrogens with zero attached hydrogens (tertiary/aromatic N) is 2. The number of nitrogens with one attached hydrogen (secondary N) is 1. The maximum atomic E-state index is 14.0. The number of carbonyl (C=O) groups excluding carboxylic acids is 2. The molecule has 3 aromatic rings. The molecule has 1 fully saturated rings. The van der Waals surface area contributed by atoms with Crippen LogP contribution in [-0.2, 0) is 26.2 Å². The second-order valence-electron chi connectivity index (χ2n) is 10.2. The summed E-state index contributed by atoms with van der Waals surface area (Å²) in [6, 6.07) is 16.8. The molecule has 1 N–H and O–H groups in total. The van der Waals surface area contributed by atoms with E-state index in [4.69, 9.17) is 34.8 Å². The van der Waals surface area contributed by atoms with Crippen LogP contribution in [0.5, 0.6) is 0 Å². The van der Waals surface area contributed by atoms with Crippen LogP contribution in [0, 0.1) is 6.92 Å². The summed E-state index contributed by atoms with van der Waals surface area (Å²) in [5.41, 5.74) is 1.90. The van der Waals surface area contributed by atoms with E-state index in [1.54, 1.807) is 49.4 Å². The van der Waals surface area contributed by atoms with Gasteiger partial charge in [0.15, 0.2) is 0 Å². The van der Waals surface area contributed by atoms with E-state index in [9.17, 15) is 18.0 Å². The summed E-state index contributed by atoms with van der Waals surface area (Å²) >= 11 is 18.3. The predicted molar refractivity (Wildman–Crippen MR) is 164 cm³/mol. The zero-order chi connectivity index (χ0) is 29.7. The molecular formula is C30H32Cl3N3O4S. The smallest absolute Gasteiger partial charge is 0.264 e. The first-order valence-electron chi connectivity index (χ1n) is 13.3. The van der Waals surface area contributed by atoms with Crippen molar-refractivity contribution in [2.45, 2.75) is 63.1 Å². The molecule has 0 heterocycles. The molecule has 3 aromatic carbocycles. The van der Waals surface area contributed by atoms with E-state index in [1.807, 2.05) is 6.92 Å². The highest BCUT2D eigenvalue weighted by atomic mass is 35.5. The number of carbonyl (C=O) groups is 2. The molecule has 1 saturated carbocycles. The van der Waals surface area contributed by atoms with E-state index in [0.29, 0.717) is 26.3 Å². The van der Waals surface area contributed by atoms with E-state index in [-0.39, 0.29) is 23.4 Å². The summed E-state index contributed by atoms with van der Waals surface area (Å²) in [5, 5.41) is 4.11. The van der Waals surface area contributed by atoms with Crippen LogP contribution in [0.25, 0.3) is 0 Å². The van der Waals surface area contributed by atoms with Crippen molar-refractivity contribution in [1.82, 2.24) is 10.2 Å². The number of hydrogen-bond acceptors (Lipinski definition) is 4. The van der Waals surface area contributed by atoms with Crippen LogP contribution in [0.1, 0.15) is 43.7 Å². The highest BCUT2D eigenvalue weighted by Gasteiger charge is 2.33. The van der Waals surface area contributed by atoms with Gasteiger partial charge in [-0.15, -0.1) is 0 Å². The van der Waals surface area contributed by atoms with Gasteiger partial charge in [0, 0.05) is 17.6 Å². The molecule has 1 aliphatic carbocycles. The number of anilines is 1. The molecule has 0 saturated heterocycles. The zero-order valence-electron chi connectivity index (χ0n) is 22.8. The van der Waals surface area contributed by atoms with Crippen molar-refractivity contribution in [2.75, 3.05) is 10.8 Å². The lowest BCUT2D eigenvalue weighted by Gasteiger charge is -2.32. The standard InChI is InChI=1S/C30H32Cl3N3O4S/c1-20-7-12-25(13-8-20)36(41(39,40)26-14-10-23(31)11-15-26)19-29(37)35(18-22-9-16-27(32)28(33)17-22)21(2)30(38)34-24-5-3-4-6-24/h7-17,21,24H,3-6,18-19H2,1-2H3,(H,34,38)/t21-/m1/s1. The lowest BCUT2D eigenvalue weighted by molar-refractivity contribution is -0.139. The SMILES string of the molecule is Cc1ccc(N(CC(=O)N(Cc2ccc(Cl)c(Cl)c2)[C@H](C)C(=O)NC2CCCC2)S(=O)(=O)c2ccc(Cl)cc2)cc1. The quantitative estimate of drug-likeness (QED) is 0.271. The average Bonchev–Trinajstić information content (AvgIpc) is 3.45. The molecule has 0 aliphatic heterocycles. The van der Waals surface area contributed by atoms with Crippen LogP contribution >= 0.6 is 34.8 Å². The van der Waals surface area contributed by atoms with E-state index in [0.717, 1.165) is 35.6 Å². The van der Waals surface area contributed by atoms with Crippen molar-refractivity contribution in [3.8, 4) is 0 Å². The fourth-order valence-electron chi connectivity index (χ4n) is 4.78. The Kier molecular flexibility index (Phi) is 10.2. The number of aryl methyl sites for hydroxylation is 1. The van der Waals surface area contributed by atoms with Crippen LogP contribution in [-0.4, -0.2) is 43.8 Å². The first kappa shape index (κ1) is 31.2. The number of rotatable bonds is 10. The first-order chi connectivity index (χ1) is 19.5. The van der Waals surface area contributed by atoms with Gasteiger partial charge < -0.3 is 10.2 Å². The maximum Gasteiger partial charge on any atom is 0.264 e. The number of hydrogen-bond donors (Lipinski definition) is 1.